The van der Waals surface area contributed by atoms with Crippen LogP contribution >= 0.6 is 0 Å². The van der Waals surface area contributed by atoms with E-state index in [4.69, 9.17) is 19.3 Å². The first-order valence-corrected chi connectivity index (χ1v) is 7.40. The number of ether oxygens (including phenoxy) is 4. The maximum absolute atomic E-state index is 11.5. The maximum atomic E-state index is 11.5. The molecule has 0 fully saturated rings. The van der Waals surface area contributed by atoms with Gasteiger partial charge in [-0.25, -0.2) is 9.59 Å². The smallest absolute Gasteiger partial charge is 0.331 e. The minimum absolute atomic E-state index is 0.114. The second-order valence-corrected chi connectivity index (χ2v) is 4.36. The molecule has 9 nitrogen and oxygen atoms in total. The third-order valence-corrected chi connectivity index (χ3v) is 2.41. The lowest BCUT2D eigenvalue weighted by atomic mass is 10.4. The average Bonchev–Trinajstić information content (AvgIpc) is 2.59. The monoisotopic (exact) mass is 346 g/mol. The van der Waals surface area contributed by atoms with Gasteiger partial charge in [-0.15, -0.1) is 0 Å². The normalized spacial score (nSPS) is 11.6. The first-order valence-electron chi connectivity index (χ1n) is 7.40. The average molecular weight is 346 g/mol. The van der Waals surface area contributed by atoms with Gasteiger partial charge in [-0.2, -0.15) is 0 Å². The van der Waals surface area contributed by atoms with Crippen molar-refractivity contribution < 1.29 is 43.2 Å². The highest BCUT2D eigenvalue weighted by atomic mass is 16.6. The van der Waals surface area contributed by atoms with Crippen LogP contribution < -0.4 is 0 Å². The van der Waals surface area contributed by atoms with Crippen LogP contribution in [-0.4, -0.2) is 61.5 Å². The zero-order valence-corrected chi connectivity index (χ0v) is 13.7. The Morgan fingerprint density at radius 2 is 1.42 bits per heavy atom. The van der Waals surface area contributed by atoms with Gasteiger partial charge in [0.1, 0.15) is 19.8 Å². The zero-order chi connectivity index (χ0) is 18.4. The van der Waals surface area contributed by atoms with Gasteiger partial charge >= 0.3 is 23.9 Å². The van der Waals surface area contributed by atoms with Crippen LogP contribution in [-0.2, 0) is 38.1 Å². The van der Waals surface area contributed by atoms with E-state index in [2.05, 4.69) is 4.74 Å². The lowest BCUT2D eigenvalue weighted by Gasteiger charge is -2.17. The standard InChI is InChI=1S/C15H22O9/c1-3-12(17)22-9-11(24-13(18)4-2)10-23-15(20)6-5-14(19)21-8-7-16/h5-6,11,16H,3-4,7-10H2,1-2H3/b6-5+. The van der Waals surface area contributed by atoms with Gasteiger partial charge in [-0.1, -0.05) is 13.8 Å². The van der Waals surface area contributed by atoms with Crippen molar-refractivity contribution >= 4 is 23.9 Å². The van der Waals surface area contributed by atoms with Crippen molar-refractivity contribution in [3.8, 4) is 0 Å². The number of aliphatic hydroxyl groups excluding tert-OH is 1. The molecule has 0 aromatic carbocycles. The molecule has 0 aliphatic rings. The number of carbonyl (C=O) groups is 4. The first-order chi connectivity index (χ1) is 11.4. The van der Waals surface area contributed by atoms with Gasteiger partial charge in [0.2, 0.25) is 0 Å². The summed E-state index contributed by atoms with van der Waals surface area (Å²) in [6.45, 7) is 2.10. The van der Waals surface area contributed by atoms with Crippen LogP contribution in [0.4, 0.5) is 0 Å². The zero-order valence-electron chi connectivity index (χ0n) is 13.7. The van der Waals surface area contributed by atoms with E-state index in [9.17, 15) is 19.2 Å². The second-order valence-electron chi connectivity index (χ2n) is 4.36. The molecular formula is C15H22O9. The van der Waals surface area contributed by atoms with E-state index in [0.29, 0.717) is 0 Å². The Kier molecular flexibility index (Phi) is 11.7. The van der Waals surface area contributed by atoms with E-state index in [0.717, 1.165) is 12.2 Å². The molecule has 1 atom stereocenters. The number of esters is 4. The highest BCUT2D eigenvalue weighted by Crippen LogP contribution is 2.00. The minimum Gasteiger partial charge on any atom is -0.462 e. The fraction of sp³-hybridized carbons (Fsp3) is 0.600. The Morgan fingerprint density at radius 3 is 1.96 bits per heavy atom. The fourth-order valence-electron chi connectivity index (χ4n) is 1.23. The van der Waals surface area contributed by atoms with E-state index >= 15 is 0 Å². The summed E-state index contributed by atoms with van der Waals surface area (Å²) < 4.78 is 19.2. The molecule has 0 heterocycles. The predicted octanol–water partition coefficient (Wildman–Crippen LogP) is -0.104. The summed E-state index contributed by atoms with van der Waals surface area (Å²) >= 11 is 0. The molecule has 1 N–H and O–H groups in total. The molecule has 0 aromatic rings. The van der Waals surface area contributed by atoms with Gasteiger partial charge < -0.3 is 24.1 Å². The molecule has 0 bridgehead atoms. The molecule has 0 amide bonds. The summed E-state index contributed by atoms with van der Waals surface area (Å²) in [6.07, 6.45) is 1.00. The number of hydrogen-bond acceptors (Lipinski definition) is 9. The van der Waals surface area contributed by atoms with Crippen LogP contribution in [0.1, 0.15) is 26.7 Å². The van der Waals surface area contributed by atoms with Gasteiger partial charge in [-0.3, -0.25) is 9.59 Å². The summed E-state index contributed by atoms with van der Waals surface area (Å²) in [4.78, 5) is 45.0. The Bertz CT molecular complexity index is 456. The van der Waals surface area contributed by atoms with Crippen molar-refractivity contribution in [3.63, 3.8) is 0 Å². The van der Waals surface area contributed by atoms with Crippen LogP contribution in [0.2, 0.25) is 0 Å². The van der Waals surface area contributed by atoms with Crippen molar-refractivity contribution in [1.29, 1.82) is 0 Å². The van der Waals surface area contributed by atoms with E-state index < -0.39 is 30.0 Å². The molecule has 0 aliphatic carbocycles. The molecule has 0 aromatic heterocycles. The highest BCUT2D eigenvalue weighted by molar-refractivity contribution is 5.91. The highest BCUT2D eigenvalue weighted by Gasteiger charge is 2.17. The Morgan fingerprint density at radius 1 is 0.875 bits per heavy atom. The van der Waals surface area contributed by atoms with Crippen LogP contribution in [0.25, 0.3) is 0 Å². The molecule has 0 radical (unpaired) electrons. The Labute approximate surface area is 139 Å². The summed E-state index contributed by atoms with van der Waals surface area (Å²) in [7, 11) is 0. The number of aliphatic hydroxyl groups is 1. The van der Waals surface area contributed by atoms with E-state index in [1.54, 1.807) is 13.8 Å². The van der Waals surface area contributed by atoms with Crippen molar-refractivity contribution in [2.75, 3.05) is 26.4 Å². The molecule has 24 heavy (non-hydrogen) atoms. The van der Waals surface area contributed by atoms with E-state index in [1.165, 1.54) is 0 Å². The molecule has 0 aliphatic heterocycles. The third kappa shape index (κ3) is 11.2. The molecule has 0 spiro atoms. The van der Waals surface area contributed by atoms with Crippen LogP contribution in [0.15, 0.2) is 12.2 Å². The molecular weight excluding hydrogens is 324 g/mol. The van der Waals surface area contributed by atoms with Crippen molar-refractivity contribution in [1.82, 2.24) is 0 Å². The van der Waals surface area contributed by atoms with Gasteiger partial charge in [0, 0.05) is 25.0 Å². The maximum Gasteiger partial charge on any atom is 0.331 e. The third-order valence-electron chi connectivity index (χ3n) is 2.41. The first kappa shape index (κ1) is 21.6. The van der Waals surface area contributed by atoms with Crippen molar-refractivity contribution in [3.05, 3.63) is 12.2 Å². The molecule has 0 rings (SSSR count). The topological polar surface area (TPSA) is 125 Å². The van der Waals surface area contributed by atoms with Gasteiger partial charge in [-0.05, 0) is 0 Å². The molecule has 0 saturated heterocycles. The molecule has 136 valence electrons. The van der Waals surface area contributed by atoms with Gasteiger partial charge in [0.15, 0.2) is 6.10 Å². The minimum atomic E-state index is -0.938. The molecule has 0 saturated carbocycles. The van der Waals surface area contributed by atoms with E-state index in [1.807, 2.05) is 0 Å². The lowest BCUT2D eigenvalue weighted by molar-refractivity contribution is -0.165. The summed E-state index contributed by atoms with van der Waals surface area (Å²) in [5, 5.41) is 8.47. The Balaban J connectivity index is 4.38. The van der Waals surface area contributed by atoms with E-state index in [-0.39, 0.29) is 39.3 Å². The van der Waals surface area contributed by atoms with Gasteiger partial charge in [0.05, 0.1) is 6.61 Å². The molecule has 1 unspecified atom stereocenters. The summed E-state index contributed by atoms with van der Waals surface area (Å²) in [5.74, 6) is -2.70. The predicted molar refractivity (Wildman–Crippen MR) is 79.6 cm³/mol. The van der Waals surface area contributed by atoms with Crippen molar-refractivity contribution in [2.24, 2.45) is 0 Å². The summed E-state index contributed by atoms with van der Waals surface area (Å²) in [5.41, 5.74) is 0. The van der Waals surface area contributed by atoms with Crippen LogP contribution in [0.3, 0.4) is 0 Å². The largest absolute Gasteiger partial charge is 0.462 e. The lowest BCUT2D eigenvalue weighted by Crippen LogP contribution is -2.30. The van der Waals surface area contributed by atoms with Crippen LogP contribution in [0.5, 0.6) is 0 Å². The van der Waals surface area contributed by atoms with Gasteiger partial charge in [0.25, 0.3) is 0 Å². The SMILES string of the molecule is CCC(=O)OCC(COC(=O)/C=C/C(=O)OCCO)OC(=O)CC. The Hall–Kier alpha value is -2.42. The number of carbonyl (C=O) groups excluding carboxylic acids is 4. The fourth-order valence-corrected chi connectivity index (χ4v) is 1.23. The van der Waals surface area contributed by atoms with Crippen LogP contribution in [0, 0.1) is 0 Å². The number of hydrogen-bond donors (Lipinski definition) is 1. The molecule has 9 heteroatoms. The number of rotatable bonds is 11. The summed E-state index contributed by atoms with van der Waals surface area (Å²) in [6, 6.07) is 0. The quantitative estimate of drug-likeness (QED) is 0.310. The second kappa shape index (κ2) is 13.1. The van der Waals surface area contributed by atoms with Crippen molar-refractivity contribution in [2.45, 2.75) is 32.8 Å².